The summed E-state index contributed by atoms with van der Waals surface area (Å²) in [7, 11) is 0. The zero-order valence-corrected chi connectivity index (χ0v) is 14.4. The average Bonchev–Trinajstić information content (AvgIpc) is 2.89. The monoisotopic (exact) mass is 336 g/mol. The molecule has 25 heavy (non-hydrogen) atoms. The van der Waals surface area contributed by atoms with Crippen molar-refractivity contribution < 1.29 is 14.3 Å². The second kappa shape index (κ2) is 5.70. The maximum atomic E-state index is 13.4. The van der Waals surface area contributed by atoms with Gasteiger partial charge in [0.05, 0.1) is 18.0 Å². The molecule has 2 aliphatic heterocycles. The van der Waals surface area contributed by atoms with E-state index in [1.54, 1.807) is 16.7 Å². The van der Waals surface area contributed by atoms with E-state index in [2.05, 4.69) is 0 Å². The highest BCUT2D eigenvalue weighted by Gasteiger charge is 2.59. The van der Waals surface area contributed by atoms with Crippen molar-refractivity contribution in [1.82, 2.24) is 0 Å². The first-order chi connectivity index (χ1) is 12.1. The van der Waals surface area contributed by atoms with E-state index in [-0.39, 0.29) is 11.8 Å². The molecular weight excluding hydrogens is 316 g/mol. The van der Waals surface area contributed by atoms with Gasteiger partial charge in [0.1, 0.15) is 0 Å². The summed E-state index contributed by atoms with van der Waals surface area (Å²) in [6.07, 6.45) is 0.293. The largest absolute Gasteiger partial charge is 0.338 e. The van der Waals surface area contributed by atoms with Gasteiger partial charge >= 0.3 is 0 Å². The molecule has 4 rings (SSSR count). The highest BCUT2D eigenvalue weighted by molar-refractivity contribution is 6.14. The number of carbonyl (C=O) groups is 2. The number of para-hydroxylation sites is 2. The molecule has 2 heterocycles. The molecule has 5 nitrogen and oxygen atoms in total. The number of benzene rings is 2. The van der Waals surface area contributed by atoms with Crippen LogP contribution in [-0.4, -0.2) is 18.4 Å². The van der Waals surface area contributed by atoms with Gasteiger partial charge in [-0.2, -0.15) is 0 Å². The van der Waals surface area contributed by atoms with Gasteiger partial charge in [-0.25, -0.2) is 0 Å². The smallest absolute Gasteiger partial charge is 0.286 e. The lowest BCUT2D eigenvalue weighted by atomic mass is 9.97. The minimum Gasteiger partial charge on any atom is -0.338 e. The Labute approximate surface area is 146 Å². The summed E-state index contributed by atoms with van der Waals surface area (Å²) in [5.41, 5.74) is 1.80. The molecule has 0 bridgehead atoms. The van der Waals surface area contributed by atoms with Gasteiger partial charge in [-0.05, 0) is 19.1 Å². The number of hydrogen-bond acceptors (Lipinski definition) is 3. The number of amides is 2. The number of rotatable bonds is 2. The Hall–Kier alpha value is -2.66. The van der Waals surface area contributed by atoms with Crippen molar-refractivity contribution >= 4 is 23.2 Å². The predicted octanol–water partition coefficient (Wildman–Crippen LogP) is 3.18. The molecular formula is C20H20N2O3. The molecule has 1 atom stereocenters. The number of carbonyl (C=O) groups excluding carboxylic acids is 2. The average molecular weight is 336 g/mol. The molecule has 2 aromatic carbocycles. The molecule has 1 spiro atoms. The van der Waals surface area contributed by atoms with Crippen LogP contribution in [0, 0.1) is 0 Å². The molecule has 0 unspecified atom stereocenters. The quantitative estimate of drug-likeness (QED) is 0.846. The summed E-state index contributed by atoms with van der Waals surface area (Å²) in [6.45, 7) is 4.55. The van der Waals surface area contributed by atoms with Crippen LogP contribution < -0.4 is 9.80 Å². The van der Waals surface area contributed by atoms with E-state index in [1.807, 2.05) is 55.5 Å². The van der Waals surface area contributed by atoms with Crippen LogP contribution in [0.4, 0.5) is 11.4 Å². The molecule has 0 saturated carbocycles. The van der Waals surface area contributed by atoms with Crippen molar-refractivity contribution in [2.24, 2.45) is 0 Å². The van der Waals surface area contributed by atoms with Gasteiger partial charge in [-0.3, -0.25) is 14.5 Å². The Morgan fingerprint density at radius 3 is 2.48 bits per heavy atom. The van der Waals surface area contributed by atoms with Gasteiger partial charge in [0, 0.05) is 24.1 Å². The molecule has 0 saturated heterocycles. The second-order valence-corrected chi connectivity index (χ2v) is 6.21. The molecule has 2 amide bonds. The van der Waals surface area contributed by atoms with Gasteiger partial charge in [-0.15, -0.1) is 0 Å². The topological polar surface area (TPSA) is 49.9 Å². The van der Waals surface area contributed by atoms with Crippen LogP contribution in [0.3, 0.4) is 0 Å². The van der Waals surface area contributed by atoms with Crippen LogP contribution in [0.1, 0.15) is 31.4 Å². The van der Waals surface area contributed by atoms with Crippen molar-refractivity contribution in [3.05, 3.63) is 59.7 Å². The zero-order valence-electron chi connectivity index (χ0n) is 14.4. The first-order valence-corrected chi connectivity index (χ1v) is 8.61. The molecule has 128 valence electrons. The van der Waals surface area contributed by atoms with Crippen LogP contribution in [0.15, 0.2) is 48.5 Å². The standard InChI is InChI=1S/C20H20N2O3/c1-3-18(23)22-16-11-7-5-9-14(16)13-25-20(22)15-10-6-8-12-17(15)21(4-2)19(20)24/h5-12H,3-4,13H2,1-2H3/t20-/m1/s1. The lowest BCUT2D eigenvalue weighted by Gasteiger charge is -2.43. The van der Waals surface area contributed by atoms with E-state index in [1.165, 1.54) is 0 Å². The second-order valence-electron chi connectivity index (χ2n) is 6.21. The van der Waals surface area contributed by atoms with E-state index < -0.39 is 5.72 Å². The third-order valence-corrected chi connectivity index (χ3v) is 4.95. The summed E-state index contributed by atoms with van der Waals surface area (Å²) < 4.78 is 6.17. The molecule has 0 aliphatic carbocycles. The van der Waals surface area contributed by atoms with Crippen LogP contribution in [-0.2, 0) is 26.7 Å². The SMILES string of the molecule is CCC(=O)N1c2ccccc2CO[C@]12C(=O)N(CC)c1ccccc12. The van der Waals surface area contributed by atoms with E-state index in [9.17, 15) is 9.59 Å². The normalized spacial score (nSPS) is 21.4. The lowest BCUT2D eigenvalue weighted by Crippen LogP contribution is -2.59. The van der Waals surface area contributed by atoms with Crippen LogP contribution in [0.5, 0.6) is 0 Å². The Morgan fingerprint density at radius 1 is 1.08 bits per heavy atom. The fourth-order valence-corrected chi connectivity index (χ4v) is 3.81. The molecule has 2 aliphatic rings. The van der Waals surface area contributed by atoms with Crippen LogP contribution >= 0.6 is 0 Å². The summed E-state index contributed by atoms with van der Waals surface area (Å²) in [5, 5.41) is 0. The van der Waals surface area contributed by atoms with Crippen molar-refractivity contribution in [3.63, 3.8) is 0 Å². The maximum absolute atomic E-state index is 13.4. The number of likely N-dealkylation sites (N-methyl/N-ethyl adjacent to an activating group) is 1. The Bertz CT molecular complexity index is 864. The molecule has 0 fully saturated rings. The highest BCUT2D eigenvalue weighted by Crippen LogP contribution is 2.50. The van der Waals surface area contributed by atoms with E-state index in [0.29, 0.717) is 19.6 Å². The fraction of sp³-hybridized carbons (Fsp3) is 0.300. The van der Waals surface area contributed by atoms with Crippen molar-refractivity contribution in [2.75, 3.05) is 16.3 Å². The van der Waals surface area contributed by atoms with E-state index in [4.69, 9.17) is 4.74 Å². The molecule has 2 aromatic rings. The first kappa shape index (κ1) is 15.8. The van der Waals surface area contributed by atoms with Gasteiger partial charge in [0.2, 0.25) is 5.91 Å². The molecule has 0 radical (unpaired) electrons. The minimum atomic E-state index is -1.41. The number of anilines is 2. The van der Waals surface area contributed by atoms with E-state index >= 15 is 0 Å². The minimum absolute atomic E-state index is 0.131. The summed E-state index contributed by atoms with van der Waals surface area (Å²) in [4.78, 5) is 29.6. The third-order valence-electron chi connectivity index (χ3n) is 4.95. The third kappa shape index (κ3) is 1.99. The summed E-state index contributed by atoms with van der Waals surface area (Å²) in [6, 6.07) is 15.2. The maximum Gasteiger partial charge on any atom is 0.286 e. The summed E-state index contributed by atoms with van der Waals surface area (Å²) in [5.74, 6) is -0.333. The van der Waals surface area contributed by atoms with E-state index in [0.717, 1.165) is 22.5 Å². The Balaban J connectivity index is 2.00. The van der Waals surface area contributed by atoms with Gasteiger partial charge in [0.25, 0.3) is 11.6 Å². The number of nitrogens with zero attached hydrogens (tertiary/aromatic N) is 2. The van der Waals surface area contributed by atoms with Gasteiger partial charge in [-0.1, -0.05) is 43.3 Å². The summed E-state index contributed by atoms with van der Waals surface area (Å²) >= 11 is 0. The molecule has 0 aromatic heterocycles. The molecule has 5 heteroatoms. The Morgan fingerprint density at radius 2 is 1.76 bits per heavy atom. The lowest BCUT2D eigenvalue weighted by molar-refractivity contribution is -0.152. The van der Waals surface area contributed by atoms with Crippen LogP contribution in [0.25, 0.3) is 0 Å². The van der Waals surface area contributed by atoms with Gasteiger partial charge in [0.15, 0.2) is 0 Å². The number of fused-ring (bicyclic) bond motifs is 3. The highest BCUT2D eigenvalue weighted by atomic mass is 16.5. The zero-order chi connectivity index (χ0) is 17.6. The Kier molecular flexibility index (Phi) is 3.62. The number of hydrogen-bond donors (Lipinski definition) is 0. The number of ether oxygens (including phenoxy) is 1. The first-order valence-electron chi connectivity index (χ1n) is 8.61. The predicted molar refractivity (Wildman–Crippen MR) is 95.2 cm³/mol. The van der Waals surface area contributed by atoms with Crippen LogP contribution in [0.2, 0.25) is 0 Å². The van der Waals surface area contributed by atoms with Crippen molar-refractivity contribution in [2.45, 2.75) is 32.6 Å². The van der Waals surface area contributed by atoms with Gasteiger partial charge < -0.3 is 9.64 Å². The fourth-order valence-electron chi connectivity index (χ4n) is 3.81. The molecule has 0 N–H and O–H groups in total. The van der Waals surface area contributed by atoms with Crippen molar-refractivity contribution in [3.8, 4) is 0 Å². The van der Waals surface area contributed by atoms with Crippen molar-refractivity contribution in [1.29, 1.82) is 0 Å².